The van der Waals surface area contributed by atoms with E-state index in [-0.39, 0.29) is 0 Å². The third kappa shape index (κ3) is 3.36. The molecule has 0 saturated heterocycles. The summed E-state index contributed by atoms with van der Waals surface area (Å²) in [5, 5.41) is 14.6. The molecule has 32 heavy (non-hydrogen) atoms. The average molecular weight is 473 g/mol. The topological polar surface area (TPSA) is 70.8 Å². The van der Waals surface area contributed by atoms with Crippen LogP contribution in [0.5, 0.6) is 17.2 Å². The molecule has 0 aliphatic heterocycles. The molecule has 0 spiro atoms. The molecule has 1 aromatic carbocycles. The maximum absolute atomic E-state index is 5.51. The van der Waals surface area contributed by atoms with Crippen molar-refractivity contribution in [2.45, 2.75) is 49.0 Å². The first-order valence-corrected chi connectivity index (χ1v) is 13.1. The zero-order chi connectivity index (χ0) is 21.9. The van der Waals surface area contributed by atoms with Gasteiger partial charge in [0.2, 0.25) is 10.7 Å². The number of hydrogen-bond acceptors (Lipinski definition) is 8. The molecule has 4 saturated carbocycles. The van der Waals surface area contributed by atoms with E-state index in [4.69, 9.17) is 19.3 Å². The SMILES string of the molecule is COc1cc(-c2nn3c(CSC45CC6CC(CC(C6)C4)C5)nnc3s2)cc(OC)c1OC. The molecule has 4 aliphatic rings. The van der Waals surface area contributed by atoms with Crippen molar-refractivity contribution in [1.29, 1.82) is 0 Å². The number of nitrogens with zero attached hydrogens (tertiary/aromatic N) is 4. The van der Waals surface area contributed by atoms with Gasteiger partial charge in [0.25, 0.3) is 0 Å². The average Bonchev–Trinajstić information content (AvgIpc) is 3.37. The summed E-state index contributed by atoms with van der Waals surface area (Å²) in [5.74, 6) is 6.49. The van der Waals surface area contributed by atoms with Crippen molar-refractivity contribution >= 4 is 28.1 Å². The van der Waals surface area contributed by atoms with E-state index in [1.807, 2.05) is 16.6 Å². The summed E-state index contributed by atoms with van der Waals surface area (Å²) in [7, 11) is 4.86. The van der Waals surface area contributed by atoms with Gasteiger partial charge in [-0.3, -0.25) is 0 Å². The van der Waals surface area contributed by atoms with Gasteiger partial charge in [-0.05, 0) is 68.4 Å². The number of hydrogen-bond donors (Lipinski definition) is 0. The quantitative estimate of drug-likeness (QED) is 0.475. The highest BCUT2D eigenvalue weighted by Crippen LogP contribution is 2.61. The molecule has 7 rings (SSSR count). The third-order valence-corrected chi connectivity index (χ3v) is 9.92. The van der Waals surface area contributed by atoms with Crippen molar-refractivity contribution < 1.29 is 14.2 Å². The minimum Gasteiger partial charge on any atom is -0.493 e. The van der Waals surface area contributed by atoms with E-state index in [1.165, 1.54) is 49.9 Å². The Morgan fingerprint density at radius 1 is 0.969 bits per heavy atom. The predicted molar refractivity (Wildman–Crippen MR) is 126 cm³/mol. The summed E-state index contributed by atoms with van der Waals surface area (Å²) in [6.07, 6.45) is 8.58. The van der Waals surface area contributed by atoms with Crippen LogP contribution in [-0.4, -0.2) is 45.9 Å². The van der Waals surface area contributed by atoms with Gasteiger partial charge in [-0.1, -0.05) is 11.3 Å². The van der Waals surface area contributed by atoms with Gasteiger partial charge in [0, 0.05) is 10.3 Å². The molecule has 0 amide bonds. The molecule has 4 bridgehead atoms. The standard InChI is InChI=1S/C23H28N4O3S2/c1-28-17-7-16(8-18(29-2)20(17)30-3)21-26-27-19(24-25-22(27)32-21)12-31-23-9-13-4-14(10-23)6-15(5-13)11-23/h7-8,13-15H,4-6,9-12H2,1-3H3. The zero-order valence-corrected chi connectivity index (χ0v) is 20.3. The third-order valence-electron chi connectivity index (χ3n) is 7.46. The van der Waals surface area contributed by atoms with E-state index in [0.29, 0.717) is 22.0 Å². The smallest absolute Gasteiger partial charge is 0.235 e. The monoisotopic (exact) mass is 472 g/mol. The minimum atomic E-state index is 0.455. The summed E-state index contributed by atoms with van der Waals surface area (Å²) in [5.41, 5.74) is 0.912. The lowest BCUT2D eigenvalue weighted by Crippen LogP contribution is -2.48. The summed E-state index contributed by atoms with van der Waals surface area (Å²) in [6.45, 7) is 0. The van der Waals surface area contributed by atoms with Crippen LogP contribution in [0.3, 0.4) is 0 Å². The van der Waals surface area contributed by atoms with Gasteiger partial charge in [-0.2, -0.15) is 9.61 Å². The second-order valence-electron chi connectivity index (χ2n) is 9.52. The summed E-state index contributed by atoms with van der Waals surface area (Å²) >= 11 is 3.64. The second-order valence-corrected chi connectivity index (χ2v) is 11.9. The van der Waals surface area contributed by atoms with E-state index in [2.05, 4.69) is 22.0 Å². The number of fused-ring (bicyclic) bond motifs is 1. The first kappa shape index (κ1) is 20.6. The van der Waals surface area contributed by atoms with Crippen molar-refractivity contribution in [2.75, 3.05) is 21.3 Å². The molecule has 0 atom stereocenters. The summed E-state index contributed by atoms with van der Waals surface area (Å²) in [4.78, 5) is 0.815. The fraction of sp³-hybridized carbons (Fsp3) is 0.609. The Morgan fingerprint density at radius 3 is 2.16 bits per heavy atom. The number of aromatic nitrogens is 4. The van der Waals surface area contributed by atoms with Gasteiger partial charge in [0.15, 0.2) is 17.3 Å². The highest BCUT2D eigenvalue weighted by atomic mass is 32.2. The van der Waals surface area contributed by atoms with E-state index in [0.717, 1.165) is 44.9 Å². The van der Waals surface area contributed by atoms with Crippen molar-refractivity contribution in [3.63, 3.8) is 0 Å². The van der Waals surface area contributed by atoms with Crippen molar-refractivity contribution in [3.8, 4) is 27.8 Å². The Hall–Kier alpha value is -2.00. The van der Waals surface area contributed by atoms with Crippen molar-refractivity contribution in [2.24, 2.45) is 17.8 Å². The Balaban J connectivity index is 1.27. The number of thioether (sulfide) groups is 1. The first-order chi connectivity index (χ1) is 15.6. The van der Waals surface area contributed by atoms with Gasteiger partial charge in [-0.15, -0.1) is 22.0 Å². The second kappa shape index (κ2) is 7.80. The molecule has 4 fully saturated rings. The molecule has 3 aromatic rings. The Kier molecular flexibility index (Phi) is 5.02. The van der Waals surface area contributed by atoms with Crippen LogP contribution in [0.25, 0.3) is 15.5 Å². The number of benzene rings is 1. The van der Waals surface area contributed by atoms with Gasteiger partial charge in [0.1, 0.15) is 5.01 Å². The van der Waals surface area contributed by atoms with Crippen molar-refractivity contribution in [3.05, 3.63) is 18.0 Å². The van der Waals surface area contributed by atoms with E-state index in [1.54, 1.807) is 21.3 Å². The minimum absolute atomic E-state index is 0.455. The maximum atomic E-state index is 5.51. The van der Waals surface area contributed by atoms with Gasteiger partial charge >= 0.3 is 0 Å². The first-order valence-electron chi connectivity index (χ1n) is 11.2. The van der Waals surface area contributed by atoms with Gasteiger partial charge < -0.3 is 14.2 Å². The van der Waals surface area contributed by atoms with E-state index in [9.17, 15) is 0 Å². The van der Waals surface area contributed by atoms with Crippen LogP contribution in [0.1, 0.15) is 44.3 Å². The summed E-state index contributed by atoms with van der Waals surface area (Å²) in [6, 6.07) is 3.85. The molecule has 9 heteroatoms. The van der Waals surface area contributed by atoms with Crippen LogP contribution in [0.2, 0.25) is 0 Å². The van der Waals surface area contributed by atoms with Crippen LogP contribution in [0, 0.1) is 17.8 Å². The van der Waals surface area contributed by atoms with Gasteiger partial charge in [0.05, 0.1) is 27.1 Å². The van der Waals surface area contributed by atoms with Crippen molar-refractivity contribution in [1.82, 2.24) is 19.8 Å². The Labute approximate surface area is 195 Å². The van der Waals surface area contributed by atoms with E-state index < -0.39 is 0 Å². The molecule has 0 radical (unpaired) electrons. The molecule has 4 aliphatic carbocycles. The molecule has 0 N–H and O–H groups in total. The molecule has 170 valence electrons. The lowest BCUT2D eigenvalue weighted by Gasteiger charge is -2.56. The molecule has 2 aromatic heterocycles. The molecular formula is C23H28N4O3S2. The number of methoxy groups -OCH3 is 3. The molecule has 2 heterocycles. The van der Waals surface area contributed by atoms with Crippen LogP contribution >= 0.6 is 23.1 Å². The van der Waals surface area contributed by atoms with Crippen LogP contribution in [0.4, 0.5) is 0 Å². The summed E-state index contributed by atoms with van der Waals surface area (Å²) < 4.78 is 18.8. The van der Waals surface area contributed by atoms with Crippen LogP contribution < -0.4 is 14.2 Å². The fourth-order valence-electron chi connectivity index (χ4n) is 6.49. The Bertz CT molecular complexity index is 1100. The maximum Gasteiger partial charge on any atom is 0.235 e. The largest absolute Gasteiger partial charge is 0.493 e. The van der Waals surface area contributed by atoms with E-state index >= 15 is 0 Å². The number of rotatable bonds is 7. The zero-order valence-electron chi connectivity index (χ0n) is 18.7. The normalized spacial score (nSPS) is 28.4. The highest BCUT2D eigenvalue weighted by molar-refractivity contribution is 7.99. The van der Waals surface area contributed by atoms with Crippen LogP contribution in [0.15, 0.2) is 12.1 Å². The predicted octanol–water partition coefficient (Wildman–Crippen LogP) is 5.08. The Morgan fingerprint density at radius 2 is 1.59 bits per heavy atom. The highest BCUT2D eigenvalue weighted by Gasteiger charge is 2.51. The molecule has 0 unspecified atom stereocenters. The fourth-order valence-corrected chi connectivity index (χ4v) is 9.02. The van der Waals surface area contributed by atoms with Crippen LogP contribution in [-0.2, 0) is 5.75 Å². The lowest BCUT2D eigenvalue weighted by molar-refractivity contribution is 0.0383. The lowest BCUT2D eigenvalue weighted by atomic mass is 9.56. The number of ether oxygens (including phenoxy) is 3. The van der Waals surface area contributed by atoms with Gasteiger partial charge in [-0.25, -0.2) is 0 Å². The molecule has 7 nitrogen and oxygen atoms in total. The molecular weight excluding hydrogens is 444 g/mol.